The van der Waals surface area contributed by atoms with Gasteiger partial charge in [0.05, 0.1) is 19.8 Å². The number of hydrogen-bond donors (Lipinski definition) is 1. The fraction of sp³-hybridized carbons (Fsp3) is 0.625. The van der Waals surface area contributed by atoms with Crippen LogP contribution in [-0.2, 0) is 11.3 Å². The lowest BCUT2D eigenvalue weighted by molar-refractivity contribution is 0.122. The molecule has 8 nitrogen and oxygen atoms in total. The van der Waals surface area contributed by atoms with E-state index < -0.39 is 0 Å². The van der Waals surface area contributed by atoms with Crippen molar-refractivity contribution in [2.45, 2.75) is 6.54 Å². The highest BCUT2D eigenvalue weighted by molar-refractivity contribution is 5.85. The maximum atomic E-state index is 6.12. The minimum atomic E-state index is 0.288. The predicted molar refractivity (Wildman–Crippen MR) is 92.0 cm³/mol. The summed E-state index contributed by atoms with van der Waals surface area (Å²) in [6.45, 7) is 8.06. The molecule has 4 rings (SSSR count). The summed E-state index contributed by atoms with van der Waals surface area (Å²) < 4.78 is 11.5. The molecule has 0 spiro atoms. The molecule has 2 N–H and O–H groups in total. The zero-order valence-corrected chi connectivity index (χ0v) is 14.1. The molecule has 130 valence electrons. The van der Waals surface area contributed by atoms with Crippen molar-refractivity contribution >= 4 is 22.9 Å². The fourth-order valence-corrected chi connectivity index (χ4v) is 3.28. The second-order valence-corrected chi connectivity index (χ2v) is 6.51. The lowest BCUT2D eigenvalue weighted by atomic mass is 10.3. The Kier molecular flexibility index (Phi) is 4.26. The van der Waals surface area contributed by atoms with Crippen LogP contribution in [0, 0.1) is 0 Å². The van der Waals surface area contributed by atoms with Crippen LogP contribution in [0.4, 0.5) is 11.8 Å². The highest BCUT2D eigenvalue weighted by Crippen LogP contribution is 2.29. The number of nitrogen functional groups attached to an aromatic ring is 1. The number of furan rings is 1. The Labute approximate surface area is 141 Å². The summed E-state index contributed by atoms with van der Waals surface area (Å²) in [7, 11) is 2.16. The molecule has 2 fully saturated rings. The van der Waals surface area contributed by atoms with Gasteiger partial charge in [-0.15, -0.1) is 0 Å². The number of nitrogens with zero attached hydrogens (tertiary/aromatic N) is 5. The Morgan fingerprint density at radius 2 is 1.83 bits per heavy atom. The SMILES string of the molecule is CN1CCN(Cc2cc3nc(N)nc(N4CCOCC4)c3o2)CC1. The van der Waals surface area contributed by atoms with Crippen LogP contribution < -0.4 is 10.6 Å². The van der Waals surface area contributed by atoms with Crippen molar-refractivity contribution < 1.29 is 9.15 Å². The second-order valence-electron chi connectivity index (χ2n) is 6.51. The van der Waals surface area contributed by atoms with Gasteiger partial charge in [0.1, 0.15) is 11.3 Å². The van der Waals surface area contributed by atoms with Crippen LogP contribution in [0.1, 0.15) is 5.76 Å². The molecule has 0 bridgehead atoms. The molecule has 4 heterocycles. The number of aromatic nitrogens is 2. The van der Waals surface area contributed by atoms with Gasteiger partial charge >= 0.3 is 0 Å². The summed E-state index contributed by atoms with van der Waals surface area (Å²) >= 11 is 0. The molecule has 2 aromatic rings. The van der Waals surface area contributed by atoms with Gasteiger partial charge in [-0.2, -0.15) is 4.98 Å². The largest absolute Gasteiger partial charge is 0.454 e. The molecular weight excluding hydrogens is 308 g/mol. The molecule has 8 heteroatoms. The molecule has 2 aliphatic heterocycles. The first kappa shape index (κ1) is 15.6. The molecule has 24 heavy (non-hydrogen) atoms. The van der Waals surface area contributed by atoms with Gasteiger partial charge in [0.2, 0.25) is 5.95 Å². The normalized spacial score (nSPS) is 20.8. The van der Waals surface area contributed by atoms with Gasteiger partial charge < -0.3 is 24.7 Å². The zero-order chi connectivity index (χ0) is 16.5. The number of ether oxygens (including phenoxy) is 1. The lowest BCUT2D eigenvalue weighted by Gasteiger charge is -2.31. The molecule has 2 aromatic heterocycles. The fourth-order valence-electron chi connectivity index (χ4n) is 3.28. The Balaban J connectivity index is 1.59. The maximum absolute atomic E-state index is 6.12. The van der Waals surface area contributed by atoms with E-state index in [1.807, 2.05) is 6.07 Å². The van der Waals surface area contributed by atoms with Gasteiger partial charge in [0.15, 0.2) is 11.4 Å². The smallest absolute Gasteiger partial charge is 0.222 e. The maximum Gasteiger partial charge on any atom is 0.222 e. The highest BCUT2D eigenvalue weighted by Gasteiger charge is 2.21. The van der Waals surface area contributed by atoms with Crippen molar-refractivity contribution in [2.75, 3.05) is 70.2 Å². The summed E-state index contributed by atoms with van der Waals surface area (Å²) in [4.78, 5) is 15.7. The van der Waals surface area contributed by atoms with E-state index in [0.29, 0.717) is 13.2 Å². The van der Waals surface area contributed by atoms with Crippen LogP contribution in [0.2, 0.25) is 0 Å². The van der Waals surface area contributed by atoms with Crippen molar-refractivity contribution in [2.24, 2.45) is 0 Å². The van der Waals surface area contributed by atoms with Gasteiger partial charge in [-0.3, -0.25) is 4.90 Å². The van der Waals surface area contributed by atoms with E-state index in [2.05, 4.69) is 31.7 Å². The van der Waals surface area contributed by atoms with E-state index >= 15 is 0 Å². The minimum absolute atomic E-state index is 0.288. The van der Waals surface area contributed by atoms with Gasteiger partial charge in [0.25, 0.3) is 0 Å². The third-order valence-corrected chi connectivity index (χ3v) is 4.71. The summed E-state index contributed by atoms with van der Waals surface area (Å²) in [6.07, 6.45) is 0. The molecule has 0 atom stereocenters. The van der Waals surface area contributed by atoms with Crippen molar-refractivity contribution in [3.63, 3.8) is 0 Å². The van der Waals surface area contributed by atoms with E-state index in [0.717, 1.165) is 68.5 Å². The average molecular weight is 332 g/mol. The Hall–Kier alpha value is -1.90. The predicted octanol–water partition coefficient (Wildman–Crippen LogP) is 0.389. The quantitative estimate of drug-likeness (QED) is 0.864. The highest BCUT2D eigenvalue weighted by atomic mass is 16.5. The lowest BCUT2D eigenvalue weighted by Crippen LogP contribution is -2.43. The molecule has 0 amide bonds. The number of likely N-dealkylation sites (N-methyl/N-ethyl adjacent to an activating group) is 1. The second kappa shape index (κ2) is 6.54. The van der Waals surface area contributed by atoms with Crippen LogP contribution in [0.3, 0.4) is 0 Å². The van der Waals surface area contributed by atoms with E-state index in [1.165, 1.54) is 0 Å². The van der Waals surface area contributed by atoms with Crippen molar-refractivity contribution in [1.82, 2.24) is 19.8 Å². The van der Waals surface area contributed by atoms with Gasteiger partial charge in [-0.05, 0) is 7.05 Å². The van der Waals surface area contributed by atoms with Crippen LogP contribution in [-0.4, -0.2) is 79.3 Å². The van der Waals surface area contributed by atoms with Gasteiger partial charge in [-0.1, -0.05) is 0 Å². The molecule has 0 aromatic carbocycles. The number of nitrogens with two attached hydrogens (primary N) is 1. The number of anilines is 2. The van der Waals surface area contributed by atoms with Crippen LogP contribution in [0.15, 0.2) is 10.5 Å². The van der Waals surface area contributed by atoms with Crippen LogP contribution in [0.25, 0.3) is 11.1 Å². The zero-order valence-electron chi connectivity index (χ0n) is 14.1. The minimum Gasteiger partial charge on any atom is -0.454 e. The molecule has 0 unspecified atom stereocenters. The van der Waals surface area contributed by atoms with Crippen LogP contribution in [0.5, 0.6) is 0 Å². The third-order valence-electron chi connectivity index (χ3n) is 4.71. The Morgan fingerprint density at radius 3 is 2.58 bits per heavy atom. The molecule has 0 saturated carbocycles. The number of rotatable bonds is 3. The number of morpholine rings is 1. The summed E-state index contributed by atoms with van der Waals surface area (Å²) in [5.41, 5.74) is 7.42. The first-order chi connectivity index (χ1) is 11.7. The Morgan fingerprint density at radius 1 is 1.08 bits per heavy atom. The van der Waals surface area contributed by atoms with E-state index in [9.17, 15) is 0 Å². The summed E-state index contributed by atoms with van der Waals surface area (Å²) in [5.74, 6) is 1.99. The topological polar surface area (TPSA) is 83.9 Å². The molecule has 2 saturated heterocycles. The van der Waals surface area contributed by atoms with Crippen molar-refractivity contribution in [3.05, 3.63) is 11.8 Å². The first-order valence-electron chi connectivity index (χ1n) is 8.48. The average Bonchev–Trinajstić information content (AvgIpc) is 2.99. The van der Waals surface area contributed by atoms with Gasteiger partial charge in [0, 0.05) is 45.3 Å². The molecular formula is C16H24N6O2. The van der Waals surface area contributed by atoms with Crippen LogP contribution >= 0.6 is 0 Å². The van der Waals surface area contributed by atoms with E-state index in [-0.39, 0.29) is 5.95 Å². The van der Waals surface area contributed by atoms with Crippen molar-refractivity contribution in [1.29, 1.82) is 0 Å². The molecule has 0 aliphatic carbocycles. The summed E-state index contributed by atoms with van der Waals surface area (Å²) in [5, 5.41) is 0. The third kappa shape index (κ3) is 3.17. The first-order valence-corrected chi connectivity index (χ1v) is 8.48. The molecule has 0 radical (unpaired) electrons. The molecule has 2 aliphatic rings. The van der Waals surface area contributed by atoms with Gasteiger partial charge in [-0.25, -0.2) is 4.98 Å². The monoisotopic (exact) mass is 332 g/mol. The number of hydrogen-bond acceptors (Lipinski definition) is 8. The van der Waals surface area contributed by atoms with Crippen molar-refractivity contribution in [3.8, 4) is 0 Å². The number of piperazine rings is 1. The number of fused-ring (bicyclic) bond motifs is 1. The standard InChI is InChI=1S/C16H24N6O2/c1-20-2-4-21(5-3-20)11-12-10-13-14(24-12)15(19-16(17)18-13)22-6-8-23-9-7-22/h10H,2-9,11H2,1H3,(H2,17,18,19). The summed E-state index contributed by atoms with van der Waals surface area (Å²) in [6, 6.07) is 2.00. The van der Waals surface area contributed by atoms with E-state index in [1.54, 1.807) is 0 Å². The Bertz CT molecular complexity index is 704. The van der Waals surface area contributed by atoms with E-state index in [4.69, 9.17) is 14.9 Å².